The second kappa shape index (κ2) is 10.2. The zero-order valence-corrected chi connectivity index (χ0v) is 16.2. The van der Waals surface area contributed by atoms with Gasteiger partial charge in [0.1, 0.15) is 5.75 Å². The number of alkyl halides is 2. The largest absolute Gasteiger partial charge is 0.493 e. The maximum absolute atomic E-state index is 12.4. The van der Waals surface area contributed by atoms with Crippen LogP contribution in [-0.4, -0.2) is 51.0 Å². The minimum Gasteiger partial charge on any atom is -0.493 e. The molecule has 1 amide bonds. The number of likely N-dealkylation sites (N-methyl/N-ethyl adjacent to an activating group) is 1. The Labute approximate surface area is 167 Å². The van der Waals surface area contributed by atoms with Crippen molar-refractivity contribution in [2.24, 2.45) is 0 Å². The van der Waals surface area contributed by atoms with Crippen LogP contribution < -0.4 is 14.2 Å². The molecule has 154 valence electrons. The Bertz CT molecular complexity index is 879. The van der Waals surface area contributed by atoms with Gasteiger partial charge < -0.3 is 19.1 Å². The van der Waals surface area contributed by atoms with E-state index in [4.69, 9.17) is 9.47 Å². The van der Waals surface area contributed by atoms with Crippen molar-refractivity contribution >= 4 is 17.8 Å². The number of nitrogens with zero attached hydrogens (tertiary/aromatic N) is 1. The summed E-state index contributed by atoms with van der Waals surface area (Å²) in [5.74, 6) is 0.0874. The highest BCUT2D eigenvalue weighted by molar-refractivity contribution is 6.06. The maximum atomic E-state index is 12.4. The van der Waals surface area contributed by atoms with Crippen molar-refractivity contribution in [3.8, 4) is 17.2 Å². The molecule has 0 aliphatic carbocycles. The monoisotopic (exact) mass is 405 g/mol. The van der Waals surface area contributed by atoms with Gasteiger partial charge in [-0.15, -0.1) is 0 Å². The SMILES string of the molecule is COc1cc(/C=C/C(=O)c2ccc(OCC(=O)N(C)C)cc2)ccc1OC(F)F. The number of hydrogen-bond donors (Lipinski definition) is 0. The number of rotatable bonds is 9. The van der Waals surface area contributed by atoms with E-state index in [0.29, 0.717) is 16.9 Å². The topological polar surface area (TPSA) is 65.1 Å². The zero-order chi connectivity index (χ0) is 21.4. The molecular formula is C21H21F2NO5. The first-order chi connectivity index (χ1) is 13.8. The molecule has 0 heterocycles. The average molecular weight is 405 g/mol. The Morgan fingerprint density at radius 1 is 1.07 bits per heavy atom. The predicted octanol–water partition coefficient (Wildman–Crippen LogP) is 3.66. The van der Waals surface area contributed by atoms with Crippen LogP contribution in [0.4, 0.5) is 8.78 Å². The third kappa shape index (κ3) is 6.60. The number of ketones is 1. The second-order valence-corrected chi connectivity index (χ2v) is 6.09. The minimum atomic E-state index is -2.96. The molecule has 29 heavy (non-hydrogen) atoms. The van der Waals surface area contributed by atoms with Crippen LogP contribution in [-0.2, 0) is 4.79 Å². The number of ether oxygens (including phenoxy) is 3. The highest BCUT2D eigenvalue weighted by Crippen LogP contribution is 2.29. The summed E-state index contributed by atoms with van der Waals surface area (Å²) in [6.45, 7) is -3.05. The second-order valence-electron chi connectivity index (χ2n) is 6.09. The van der Waals surface area contributed by atoms with Crippen molar-refractivity contribution < 1.29 is 32.6 Å². The van der Waals surface area contributed by atoms with Crippen LogP contribution >= 0.6 is 0 Å². The molecule has 6 nitrogen and oxygen atoms in total. The summed E-state index contributed by atoms with van der Waals surface area (Å²) >= 11 is 0. The Hall–Kier alpha value is -3.42. The molecule has 0 saturated carbocycles. The smallest absolute Gasteiger partial charge is 0.387 e. The van der Waals surface area contributed by atoms with Crippen molar-refractivity contribution in [1.29, 1.82) is 0 Å². The molecule has 0 bridgehead atoms. The fourth-order valence-corrected chi connectivity index (χ4v) is 2.24. The van der Waals surface area contributed by atoms with E-state index in [1.54, 1.807) is 38.4 Å². The van der Waals surface area contributed by atoms with Crippen LogP contribution in [0, 0.1) is 0 Å². The van der Waals surface area contributed by atoms with Crippen molar-refractivity contribution in [2.45, 2.75) is 6.61 Å². The molecule has 0 aromatic heterocycles. The fraction of sp³-hybridized carbons (Fsp3) is 0.238. The number of benzene rings is 2. The number of allylic oxidation sites excluding steroid dienone is 1. The van der Waals surface area contributed by atoms with Gasteiger partial charge in [0.2, 0.25) is 0 Å². The lowest BCUT2D eigenvalue weighted by atomic mass is 10.1. The minimum absolute atomic E-state index is 0.0886. The van der Waals surface area contributed by atoms with Crippen molar-refractivity contribution in [3.63, 3.8) is 0 Å². The molecule has 0 saturated heterocycles. The van der Waals surface area contributed by atoms with E-state index in [1.165, 1.54) is 42.4 Å². The molecule has 0 unspecified atom stereocenters. The first-order valence-electron chi connectivity index (χ1n) is 8.58. The quantitative estimate of drug-likeness (QED) is 0.471. The van der Waals surface area contributed by atoms with E-state index in [-0.39, 0.29) is 29.8 Å². The van der Waals surface area contributed by atoms with E-state index in [1.807, 2.05) is 0 Å². The summed E-state index contributed by atoms with van der Waals surface area (Å²) in [5, 5.41) is 0. The Balaban J connectivity index is 2.02. The molecule has 0 aliphatic heterocycles. The van der Waals surface area contributed by atoms with Gasteiger partial charge in [0.05, 0.1) is 7.11 Å². The Kier molecular flexibility index (Phi) is 7.70. The van der Waals surface area contributed by atoms with Crippen molar-refractivity contribution in [3.05, 3.63) is 59.7 Å². The van der Waals surface area contributed by atoms with Crippen LogP contribution in [0.25, 0.3) is 6.08 Å². The summed E-state index contributed by atoms with van der Waals surface area (Å²) in [7, 11) is 4.60. The van der Waals surface area contributed by atoms with E-state index in [9.17, 15) is 18.4 Å². The van der Waals surface area contributed by atoms with Gasteiger partial charge in [-0.2, -0.15) is 8.78 Å². The van der Waals surface area contributed by atoms with Crippen LogP contribution in [0.5, 0.6) is 17.2 Å². The molecule has 0 aliphatic rings. The van der Waals surface area contributed by atoms with Gasteiger partial charge in [0, 0.05) is 19.7 Å². The van der Waals surface area contributed by atoms with Crippen molar-refractivity contribution in [2.75, 3.05) is 27.8 Å². The molecule has 2 rings (SSSR count). The summed E-state index contributed by atoms with van der Waals surface area (Å²) in [4.78, 5) is 25.2. The molecule has 0 N–H and O–H groups in total. The van der Waals surface area contributed by atoms with E-state index in [0.717, 1.165) is 0 Å². The first-order valence-corrected chi connectivity index (χ1v) is 8.58. The molecule has 0 spiro atoms. The van der Waals surface area contributed by atoms with Crippen LogP contribution in [0.15, 0.2) is 48.5 Å². The third-order valence-electron chi connectivity index (χ3n) is 3.83. The molecule has 8 heteroatoms. The third-order valence-corrected chi connectivity index (χ3v) is 3.83. The van der Waals surface area contributed by atoms with Gasteiger partial charge in [-0.1, -0.05) is 12.1 Å². The van der Waals surface area contributed by atoms with Gasteiger partial charge in [-0.05, 0) is 48.0 Å². The predicted molar refractivity (Wildman–Crippen MR) is 104 cm³/mol. The fourth-order valence-electron chi connectivity index (χ4n) is 2.24. The first kappa shape index (κ1) is 21.9. The number of carbonyl (C=O) groups excluding carboxylic acids is 2. The normalized spacial score (nSPS) is 10.8. The lowest BCUT2D eigenvalue weighted by molar-refractivity contribution is -0.130. The zero-order valence-electron chi connectivity index (χ0n) is 16.2. The molecule has 0 fully saturated rings. The number of methoxy groups -OCH3 is 1. The van der Waals surface area contributed by atoms with Gasteiger partial charge in [0.15, 0.2) is 23.9 Å². The Morgan fingerprint density at radius 3 is 2.34 bits per heavy atom. The molecule has 0 radical (unpaired) electrons. The van der Waals surface area contributed by atoms with Gasteiger partial charge >= 0.3 is 6.61 Å². The number of carbonyl (C=O) groups is 2. The van der Waals surface area contributed by atoms with E-state index < -0.39 is 6.61 Å². The highest BCUT2D eigenvalue weighted by Gasteiger charge is 2.11. The lowest BCUT2D eigenvalue weighted by Gasteiger charge is -2.11. The van der Waals surface area contributed by atoms with E-state index in [2.05, 4.69) is 4.74 Å². The van der Waals surface area contributed by atoms with Crippen LogP contribution in [0.3, 0.4) is 0 Å². The summed E-state index contributed by atoms with van der Waals surface area (Å²) in [5.41, 5.74) is 1.01. The number of halogens is 2. The van der Waals surface area contributed by atoms with Gasteiger partial charge in [-0.3, -0.25) is 9.59 Å². The number of hydrogen-bond acceptors (Lipinski definition) is 5. The molecular weight excluding hydrogens is 384 g/mol. The van der Waals surface area contributed by atoms with Gasteiger partial charge in [-0.25, -0.2) is 0 Å². The average Bonchev–Trinajstić information content (AvgIpc) is 2.70. The van der Waals surface area contributed by atoms with E-state index >= 15 is 0 Å². The molecule has 2 aromatic carbocycles. The maximum Gasteiger partial charge on any atom is 0.387 e. The lowest BCUT2D eigenvalue weighted by Crippen LogP contribution is -2.27. The molecule has 2 aromatic rings. The highest BCUT2D eigenvalue weighted by atomic mass is 19.3. The summed E-state index contributed by atoms with van der Waals surface area (Å²) in [6.07, 6.45) is 2.89. The van der Waals surface area contributed by atoms with Crippen LogP contribution in [0.1, 0.15) is 15.9 Å². The Morgan fingerprint density at radius 2 is 1.76 bits per heavy atom. The standard InChI is InChI=1S/C21H21F2NO5/c1-24(2)20(26)13-28-16-8-6-15(7-9-16)17(25)10-4-14-5-11-18(29-21(22)23)19(12-14)27-3/h4-12,21H,13H2,1-3H3/b10-4+. The van der Waals surface area contributed by atoms with Gasteiger partial charge in [0.25, 0.3) is 5.91 Å². The molecule has 0 atom stereocenters. The summed E-state index contributed by atoms with van der Waals surface area (Å²) in [6, 6.07) is 10.7. The van der Waals surface area contributed by atoms with Crippen LogP contribution in [0.2, 0.25) is 0 Å². The summed E-state index contributed by atoms with van der Waals surface area (Å²) < 4.78 is 39.5. The van der Waals surface area contributed by atoms with Crippen molar-refractivity contribution in [1.82, 2.24) is 4.90 Å². The number of amides is 1.